The fraction of sp³-hybridized carbons (Fsp3) is 0.258. The van der Waals surface area contributed by atoms with Crippen molar-refractivity contribution in [2.24, 2.45) is 5.92 Å². The molecule has 1 atom stereocenters. The van der Waals surface area contributed by atoms with Gasteiger partial charge in [0.25, 0.3) is 0 Å². The van der Waals surface area contributed by atoms with Crippen LogP contribution < -0.4 is 18.9 Å². The molecule has 8 nitrogen and oxygen atoms in total. The third-order valence-corrected chi connectivity index (χ3v) is 5.65. The molecular formula is C31H31FO8. The zero-order valence-electron chi connectivity index (χ0n) is 22.5. The highest BCUT2D eigenvalue weighted by Gasteiger charge is 2.16. The van der Waals surface area contributed by atoms with Crippen molar-refractivity contribution >= 4 is 17.9 Å². The van der Waals surface area contributed by atoms with Crippen molar-refractivity contribution in [2.45, 2.75) is 46.3 Å². The van der Waals surface area contributed by atoms with E-state index in [9.17, 15) is 23.9 Å². The van der Waals surface area contributed by atoms with Gasteiger partial charge in [-0.1, -0.05) is 51.6 Å². The van der Waals surface area contributed by atoms with Crippen LogP contribution in [0.3, 0.4) is 0 Å². The molecule has 0 radical (unpaired) electrons. The first kappa shape index (κ1) is 30.0. The van der Waals surface area contributed by atoms with Crippen molar-refractivity contribution in [1.82, 2.24) is 0 Å². The Morgan fingerprint density at radius 2 is 1.57 bits per heavy atom. The maximum atomic E-state index is 14.7. The van der Waals surface area contributed by atoms with Gasteiger partial charge in [-0.25, -0.2) is 9.18 Å². The number of esters is 3. The first-order chi connectivity index (χ1) is 19.1. The summed E-state index contributed by atoms with van der Waals surface area (Å²) in [4.78, 5) is 35.9. The molecule has 3 aromatic rings. The molecule has 0 heterocycles. The Bertz CT molecular complexity index is 1360. The minimum Gasteiger partial charge on any atom is -0.461 e. The van der Waals surface area contributed by atoms with Crippen molar-refractivity contribution < 1.29 is 42.8 Å². The lowest BCUT2D eigenvalue weighted by atomic mass is 10.1. The van der Waals surface area contributed by atoms with E-state index < -0.39 is 24.0 Å². The maximum absolute atomic E-state index is 14.7. The van der Waals surface area contributed by atoms with E-state index in [4.69, 9.17) is 18.9 Å². The smallest absolute Gasteiger partial charge is 0.335 e. The lowest BCUT2D eigenvalue weighted by molar-refractivity contribution is -0.138. The van der Waals surface area contributed by atoms with Crippen LogP contribution in [0.25, 0.3) is 11.1 Å². The average Bonchev–Trinajstić information content (AvgIpc) is 2.94. The summed E-state index contributed by atoms with van der Waals surface area (Å²) in [5, 5.41) is 9.78. The van der Waals surface area contributed by atoms with E-state index in [0.717, 1.165) is 6.08 Å². The molecule has 0 fully saturated rings. The SMILES string of the molecule is C=CC(=O)Oc1cc(CCC(=O)Oc2ccc(-c3ccc(OC(=O)C(C)C)cc3)cc2F)ccc1OC(O)CC. The van der Waals surface area contributed by atoms with Gasteiger partial charge in [0, 0.05) is 18.9 Å². The second-order valence-corrected chi connectivity index (χ2v) is 9.11. The summed E-state index contributed by atoms with van der Waals surface area (Å²) in [5.41, 5.74) is 1.87. The van der Waals surface area contributed by atoms with E-state index in [-0.39, 0.29) is 42.0 Å². The Hall–Kier alpha value is -4.50. The monoisotopic (exact) mass is 550 g/mol. The van der Waals surface area contributed by atoms with Crippen molar-refractivity contribution in [3.05, 3.63) is 84.7 Å². The molecule has 0 aliphatic carbocycles. The number of hydrogen-bond acceptors (Lipinski definition) is 8. The van der Waals surface area contributed by atoms with Gasteiger partial charge < -0.3 is 24.1 Å². The van der Waals surface area contributed by atoms with E-state index in [0.29, 0.717) is 28.9 Å². The van der Waals surface area contributed by atoms with Gasteiger partial charge in [-0.05, 0) is 59.5 Å². The molecule has 0 amide bonds. The lowest BCUT2D eigenvalue weighted by Crippen LogP contribution is -2.15. The number of aliphatic hydroxyl groups is 1. The minimum absolute atomic E-state index is 0.0658. The van der Waals surface area contributed by atoms with E-state index in [1.165, 1.54) is 24.3 Å². The fourth-order valence-electron chi connectivity index (χ4n) is 3.40. The van der Waals surface area contributed by atoms with E-state index >= 15 is 0 Å². The predicted molar refractivity (Wildman–Crippen MR) is 145 cm³/mol. The number of benzene rings is 3. The molecule has 40 heavy (non-hydrogen) atoms. The van der Waals surface area contributed by atoms with Crippen LogP contribution >= 0.6 is 0 Å². The van der Waals surface area contributed by atoms with Crippen molar-refractivity contribution in [1.29, 1.82) is 0 Å². The normalized spacial score (nSPS) is 11.4. The van der Waals surface area contributed by atoms with E-state index in [1.54, 1.807) is 57.2 Å². The number of carbonyl (C=O) groups is 3. The Kier molecular flexibility index (Phi) is 10.6. The summed E-state index contributed by atoms with van der Waals surface area (Å²) in [6.07, 6.45) is 0.356. The van der Waals surface area contributed by atoms with Gasteiger partial charge >= 0.3 is 17.9 Å². The largest absolute Gasteiger partial charge is 0.461 e. The van der Waals surface area contributed by atoms with Crippen molar-refractivity contribution in [2.75, 3.05) is 0 Å². The molecule has 0 aromatic heterocycles. The molecule has 1 N–H and O–H groups in total. The van der Waals surface area contributed by atoms with Crippen molar-refractivity contribution in [3.63, 3.8) is 0 Å². The maximum Gasteiger partial charge on any atom is 0.335 e. The standard InChI is InChI=1S/C31H31FO8/c1-5-28(33)39-26-14-7-20(17-27(26)40-29(34)6-2)8-16-30(35)38-25-15-11-22(18-24(25)32)21-9-12-23(13-10-21)37-31(36)19(3)4/h6-7,9-15,17-19,28,33H,2,5,8,16H2,1,3-4H3. The molecular weight excluding hydrogens is 519 g/mol. The van der Waals surface area contributed by atoms with E-state index in [1.807, 2.05) is 0 Å². The Morgan fingerprint density at radius 3 is 2.20 bits per heavy atom. The van der Waals surface area contributed by atoms with Crippen LogP contribution in [0.15, 0.2) is 73.3 Å². The van der Waals surface area contributed by atoms with Gasteiger partial charge in [-0.2, -0.15) is 0 Å². The minimum atomic E-state index is -1.09. The predicted octanol–water partition coefficient (Wildman–Crippen LogP) is 5.79. The summed E-state index contributed by atoms with van der Waals surface area (Å²) in [6, 6.07) is 15.6. The fourth-order valence-corrected chi connectivity index (χ4v) is 3.40. The van der Waals surface area contributed by atoms with Gasteiger partial charge in [-0.3, -0.25) is 9.59 Å². The zero-order valence-corrected chi connectivity index (χ0v) is 22.5. The molecule has 3 rings (SSSR count). The number of ether oxygens (including phenoxy) is 4. The molecule has 3 aromatic carbocycles. The van der Waals surface area contributed by atoms with Gasteiger partial charge in [-0.15, -0.1) is 0 Å². The quantitative estimate of drug-likeness (QED) is 0.131. The van der Waals surface area contributed by atoms with Crippen LogP contribution in [0.2, 0.25) is 0 Å². The third kappa shape index (κ3) is 8.51. The number of carbonyl (C=O) groups excluding carboxylic acids is 3. The van der Waals surface area contributed by atoms with Gasteiger partial charge in [0.15, 0.2) is 29.4 Å². The Balaban J connectivity index is 1.63. The Labute approximate surface area is 231 Å². The molecule has 9 heteroatoms. The first-order valence-corrected chi connectivity index (χ1v) is 12.7. The molecule has 1 unspecified atom stereocenters. The summed E-state index contributed by atoms with van der Waals surface area (Å²) < 4.78 is 35.8. The van der Waals surface area contributed by atoms with Gasteiger partial charge in [0.1, 0.15) is 5.75 Å². The number of rotatable bonds is 12. The summed E-state index contributed by atoms with van der Waals surface area (Å²) in [5.74, 6) is -2.29. The van der Waals surface area contributed by atoms with Gasteiger partial charge in [0.2, 0.25) is 0 Å². The Morgan fingerprint density at radius 1 is 0.900 bits per heavy atom. The number of hydrogen-bond donors (Lipinski definition) is 1. The summed E-state index contributed by atoms with van der Waals surface area (Å²) in [6.45, 7) is 8.56. The molecule has 210 valence electrons. The van der Waals surface area contributed by atoms with E-state index in [2.05, 4.69) is 6.58 Å². The number of halogens is 1. The van der Waals surface area contributed by atoms with Crippen LogP contribution in [0.4, 0.5) is 4.39 Å². The van der Waals surface area contributed by atoms with Gasteiger partial charge in [0.05, 0.1) is 5.92 Å². The lowest BCUT2D eigenvalue weighted by Gasteiger charge is -2.15. The van der Waals surface area contributed by atoms with Crippen molar-refractivity contribution in [3.8, 4) is 34.1 Å². The highest BCUT2D eigenvalue weighted by atomic mass is 19.1. The summed E-state index contributed by atoms with van der Waals surface area (Å²) in [7, 11) is 0. The zero-order chi connectivity index (χ0) is 29.2. The topological polar surface area (TPSA) is 108 Å². The van der Waals surface area contributed by atoms with Crippen LogP contribution in [0.5, 0.6) is 23.0 Å². The second-order valence-electron chi connectivity index (χ2n) is 9.11. The molecule has 0 bridgehead atoms. The van der Waals surface area contributed by atoms with Crippen LogP contribution in [-0.4, -0.2) is 29.3 Å². The average molecular weight is 551 g/mol. The molecule has 0 aliphatic rings. The second kappa shape index (κ2) is 14.0. The molecule has 0 saturated carbocycles. The first-order valence-electron chi connectivity index (χ1n) is 12.7. The van der Waals surface area contributed by atoms with Crippen LogP contribution in [0.1, 0.15) is 39.2 Å². The van der Waals surface area contributed by atoms with Crippen LogP contribution in [0, 0.1) is 11.7 Å². The number of aliphatic hydroxyl groups excluding tert-OH is 1. The molecule has 0 aliphatic heterocycles. The molecule has 0 saturated heterocycles. The highest BCUT2D eigenvalue weighted by Crippen LogP contribution is 2.31. The highest BCUT2D eigenvalue weighted by molar-refractivity contribution is 5.84. The van der Waals surface area contributed by atoms with Crippen LogP contribution in [-0.2, 0) is 20.8 Å². The summed E-state index contributed by atoms with van der Waals surface area (Å²) >= 11 is 0. The third-order valence-electron chi connectivity index (χ3n) is 5.65. The number of aryl methyl sites for hydroxylation is 1. The molecule has 0 spiro atoms.